The molecule has 1 atom stereocenters. The van der Waals surface area contributed by atoms with Gasteiger partial charge in [0.2, 0.25) is 0 Å². The molecule has 1 heterocycles. The lowest BCUT2D eigenvalue weighted by Crippen LogP contribution is -2.37. The Morgan fingerprint density at radius 3 is 2.83 bits per heavy atom. The van der Waals surface area contributed by atoms with Gasteiger partial charge in [-0.25, -0.2) is 0 Å². The molecule has 2 aliphatic carbocycles. The Labute approximate surface area is 141 Å². The van der Waals surface area contributed by atoms with E-state index < -0.39 is 0 Å². The normalized spacial score (nSPS) is 25.5. The molecule has 120 valence electrons. The maximum Gasteiger partial charge on any atom is 0.143 e. The third-order valence-electron chi connectivity index (χ3n) is 6.06. The Morgan fingerprint density at radius 1 is 1.04 bits per heavy atom. The molecule has 0 saturated carbocycles. The average molecular weight is 316 g/mol. The van der Waals surface area contributed by atoms with Crippen LogP contribution in [0.3, 0.4) is 0 Å². The highest BCUT2D eigenvalue weighted by molar-refractivity contribution is 5.98. The summed E-state index contributed by atoms with van der Waals surface area (Å²) in [7, 11) is 0. The molecule has 0 bridgehead atoms. The van der Waals surface area contributed by atoms with Gasteiger partial charge in [0, 0.05) is 17.4 Å². The summed E-state index contributed by atoms with van der Waals surface area (Å²) in [6.45, 7) is 2.71. The largest absolute Gasteiger partial charge is 0.488 e. The number of fused-ring (bicyclic) bond motifs is 6. The number of Topliss-reactive ketones (excluding diaryl/α,β-unsaturated/α-hetero) is 1. The molecule has 0 amide bonds. The van der Waals surface area contributed by atoms with Crippen LogP contribution < -0.4 is 4.74 Å². The van der Waals surface area contributed by atoms with Gasteiger partial charge in [-0.15, -0.1) is 0 Å². The van der Waals surface area contributed by atoms with Crippen LogP contribution in [0, 0.1) is 5.41 Å². The molecule has 3 aliphatic rings. The third-order valence-corrected chi connectivity index (χ3v) is 6.06. The zero-order valence-electron chi connectivity index (χ0n) is 13.9. The second-order valence-corrected chi connectivity index (χ2v) is 7.32. The minimum atomic E-state index is -0.297. The zero-order valence-corrected chi connectivity index (χ0v) is 13.9. The van der Waals surface area contributed by atoms with Crippen LogP contribution in [-0.4, -0.2) is 12.4 Å². The highest BCUT2D eigenvalue weighted by Crippen LogP contribution is 2.53. The molecular weight excluding hydrogens is 296 g/mol. The van der Waals surface area contributed by atoms with Crippen molar-refractivity contribution in [3.8, 4) is 5.75 Å². The fourth-order valence-corrected chi connectivity index (χ4v) is 4.66. The molecule has 0 spiro atoms. The smallest absolute Gasteiger partial charge is 0.143 e. The molecule has 2 aromatic rings. The summed E-state index contributed by atoms with van der Waals surface area (Å²) in [6, 6.07) is 12.8. The van der Waals surface area contributed by atoms with E-state index in [4.69, 9.17) is 4.74 Å². The highest BCUT2D eigenvalue weighted by Gasteiger charge is 2.44. The van der Waals surface area contributed by atoms with Crippen molar-refractivity contribution >= 4 is 22.1 Å². The molecule has 24 heavy (non-hydrogen) atoms. The first kappa shape index (κ1) is 14.0. The summed E-state index contributed by atoms with van der Waals surface area (Å²) in [5.41, 5.74) is 4.81. The molecule has 0 fully saturated rings. The first-order chi connectivity index (χ1) is 11.7. The molecule has 2 heteroatoms. The van der Waals surface area contributed by atoms with Crippen molar-refractivity contribution < 1.29 is 9.53 Å². The van der Waals surface area contributed by atoms with Crippen LogP contribution in [0.4, 0.5) is 0 Å². The van der Waals surface area contributed by atoms with Gasteiger partial charge in [-0.2, -0.15) is 0 Å². The summed E-state index contributed by atoms with van der Waals surface area (Å²) in [6.07, 6.45) is 5.72. The predicted molar refractivity (Wildman–Crippen MR) is 96.0 cm³/mol. The van der Waals surface area contributed by atoms with Crippen molar-refractivity contribution in [1.29, 1.82) is 0 Å². The topological polar surface area (TPSA) is 26.3 Å². The molecule has 1 unspecified atom stereocenters. The molecule has 1 aliphatic heterocycles. The summed E-state index contributed by atoms with van der Waals surface area (Å²) in [5.74, 6) is 1.41. The van der Waals surface area contributed by atoms with Crippen LogP contribution in [0.2, 0.25) is 0 Å². The Balaban J connectivity index is 1.74. The van der Waals surface area contributed by atoms with Crippen LogP contribution in [0.15, 0.2) is 53.6 Å². The number of ether oxygens (including phenoxy) is 1. The lowest BCUT2D eigenvalue weighted by atomic mass is 9.62. The van der Waals surface area contributed by atoms with Crippen LogP contribution >= 0.6 is 0 Å². The monoisotopic (exact) mass is 316 g/mol. The standard InChI is InChI=1S/C22H20O2/c1-22-12-11-16-17-10-9-14-5-2-3-6-15(14)21(17)24-13-18(16)19(22)7-4-8-20(22)23/h2-3,5-7,9-10H,4,8,11-13H2,1H3. The van der Waals surface area contributed by atoms with Gasteiger partial charge >= 0.3 is 0 Å². The van der Waals surface area contributed by atoms with Crippen molar-refractivity contribution in [3.05, 3.63) is 59.2 Å². The maximum absolute atomic E-state index is 12.5. The second-order valence-electron chi connectivity index (χ2n) is 7.32. The number of benzene rings is 2. The van der Waals surface area contributed by atoms with Gasteiger partial charge in [-0.3, -0.25) is 4.79 Å². The van der Waals surface area contributed by atoms with E-state index in [-0.39, 0.29) is 5.41 Å². The average Bonchev–Trinajstić information content (AvgIpc) is 2.62. The van der Waals surface area contributed by atoms with E-state index >= 15 is 0 Å². The van der Waals surface area contributed by atoms with Gasteiger partial charge in [0.15, 0.2) is 0 Å². The van der Waals surface area contributed by atoms with Gasteiger partial charge in [-0.05, 0) is 48.3 Å². The van der Waals surface area contributed by atoms with Gasteiger partial charge < -0.3 is 4.74 Å². The lowest BCUT2D eigenvalue weighted by molar-refractivity contribution is -0.126. The second kappa shape index (κ2) is 4.83. The molecule has 0 N–H and O–H groups in total. The van der Waals surface area contributed by atoms with Crippen molar-refractivity contribution in [1.82, 2.24) is 0 Å². The van der Waals surface area contributed by atoms with E-state index in [9.17, 15) is 4.79 Å². The predicted octanol–water partition coefficient (Wildman–Crippen LogP) is 5.08. The molecule has 2 aromatic carbocycles. The van der Waals surface area contributed by atoms with Gasteiger partial charge in [0.25, 0.3) is 0 Å². The number of ketones is 1. The fourth-order valence-electron chi connectivity index (χ4n) is 4.66. The molecule has 0 saturated heterocycles. The van der Waals surface area contributed by atoms with Crippen molar-refractivity contribution in [2.45, 2.75) is 32.6 Å². The number of rotatable bonds is 0. The summed E-state index contributed by atoms with van der Waals surface area (Å²) in [5, 5.41) is 2.40. The van der Waals surface area contributed by atoms with Crippen LogP contribution in [-0.2, 0) is 4.79 Å². The SMILES string of the molecule is CC12CCC3=C(COc4c3ccc3ccccc43)C1=CCCC2=O. The minimum absolute atomic E-state index is 0.297. The van der Waals surface area contributed by atoms with Crippen molar-refractivity contribution in [3.63, 3.8) is 0 Å². The van der Waals surface area contributed by atoms with Crippen molar-refractivity contribution in [2.24, 2.45) is 5.41 Å². The summed E-state index contributed by atoms with van der Waals surface area (Å²) >= 11 is 0. The Kier molecular flexibility index (Phi) is 2.82. The van der Waals surface area contributed by atoms with E-state index in [1.807, 2.05) is 0 Å². The number of carbonyl (C=O) groups is 1. The highest BCUT2D eigenvalue weighted by atomic mass is 16.5. The van der Waals surface area contributed by atoms with E-state index in [1.54, 1.807) is 0 Å². The van der Waals surface area contributed by atoms with E-state index in [0.717, 1.165) is 25.0 Å². The van der Waals surface area contributed by atoms with Gasteiger partial charge in [0.1, 0.15) is 18.1 Å². The maximum atomic E-state index is 12.5. The third kappa shape index (κ3) is 1.74. The summed E-state index contributed by atoms with van der Waals surface area (Å²) < 4.78 is 6.23. The molecule has 0 radical (unpaired) electrons. The molecule has 2 nitrogen and oxygen atoms in total. The first-order valence-electron chi connectivity index (χ1n) is 8.80. The Morgan fingerprint density at radius 2 is 1.92 bits per heavy atom. The molecular formula is C22H20O2. The van der Waals surface area contributed by atoms with Gasteiger partial charge in [0.05, 0.1) is 5.41 Å². The number of hydrogen-bond acceptors (Lipinski definition) is 2. The number of hydrogen-bond donors (Lipinski definition) is 0. The minimum Gasteiger partial charge on any atom is -0.488 e. The van der Waals surface area contributed by atoms with Crippen molar-refractivity contribution in [2.75, 3.05) is 6.61 Å². The molecule has 0 aromatic heterocycles. The van der Waals surface area contributed by atoms with Crippen LogP contribution in [0.5, 0.6) is 5.75 Å². The van der Waals surface area contributed by atoms with Crippen LogP contribution in [0.25, 0.3) is 16.3 Å². The Bertz CT molecular complexity index is 948. The van der Waals surface area contributed by atoms with Crippen LogP contribution in [0.1, 0.15) is 38.2 Å². The lowest BCUT2D eigenvalue weighted by Gasteiger charge is -2.42. The first-order valence-corrected chi connectivity index (χ1v) is 8.80. The molecule has 5 rings (SSSR count). The van der Waals surface area contributed by atoms with E-state index in [2.05, 4.69) is 49.4 Å². The quantitative estimate of drug-likeness (QED) is 0.678. The van der Waals surface area contributed by atoms with E-state index in [1.165, 1.54) is 33.1 Å². The Hall–Kier alpha value is -2.35. The zero-order chi connectivity index (χ0) is 16.3. The number of allylic oxidation sites excluding steroid dienone is 2. The number of carbonyl (C=O) groups excluding carboxylic acids is 1. The summed E-state index contributed by atoms with van der Waals surface area (Å²) in [4.78, 5) is 12.5. The van der Waals surface area contributed by atoms with E-state index in [0.29, 0.717) is 18.8 Å². The fraction of sp³-hybridized carbons (Fsp3) is 0.318. The van der Waals surface area contributed by atoms with Gasteiger partial charge in [-0.1, -0.05) is 42.5 Å².